The van der Waals surface area contributed by atoms with Crippen molar-refractivity contribution in [3.63, 3.8) is 0 Å². The molecule has 1 amide bonds. The number of halogens is 2. The highest BCUT2D eigenvalue weighted by Gasteiger charge is 2.18. The van der Waals surface area contributed by atoms with Crippen molar-refractivity contribution in [1.82, 2.24) is 24.3 Å². The fourth-order valence-corrected chi connectivity index (χ4v) is 3.55. The number of amides is 1. The number of pyridine rings is 1. The molecule has 0 spiro atoms. The summed E-state index contributed by atoms with van der Waals surface area (Å²) in [7, 11) is 0. The molecule has 0 aliphatic carbocycles. The molecule has 1 N–H and O–H groups in total. The molecule has 11 heteroatoms. The molecule has 0 saturated heterocycles. The van der Waals surface area contributed by atoms with E-state index >= 15 is 0 Å². The van der Waals surface area contributed by atoms with Crippen molar-refractivity contribution in [2.75, 3.05) is 5.32 Å². The minimum Gasteiger partial charge on any atom is -0.333 e. The summed E-state index contributed by atoms with van der Waals surface area (Å²) in [5.74, 6) is -0.552. The van der Waals surface area contributed by atoms with Crippen LogP contribution in [-0.4, -0.2) is 30.2 Å². The number of aromatic nitrogens is 5. The molecule has 0 atom stereocenters. The number of nitrogens with one attached hydrogen (secondary N) is 1. The van der Waals surface area contributed by atoms with Crippen LogP contribution in [0.4, 0.5) is 10.1 Å². The van der Waals surface area contributed by atoms with Crippen LogP contribution in [0.2, 0.25) is 5.02 Å². The fraction of sp³-hybridized carbons (Fsp3) is 0.0870. The summed E-state index contributed by atoms with van der Waals surface area (Å²) in [5, 5.41) is 10.7. The van der Waals surface area contributed by atoms with Crippen molar-refractivity contribution in [3.05, 3.63) is 87.7 Å². The number of anilines is 1. The number of hydrogen-bond acceptors (Lipinski definition) is 6. The molecule has 2 aromatic carbocycles. The lowest BCUT2D eigenvalue weighted by molar-refractivity contribution is -0.117. The van der Waals surface area contributed by atoms with E-state index in [0.29, 0.717) is 17.1 Å². The number of hydrogen-bond donors (Lipinski definition) is 1. The van der Waals surface area contributed by atoms with Crippen molar-refractivity contribution in [2.45, 2.75) is 13.5 Å². The van der Waals surface area contributed by atoms with Crippen molar-refractivity contribution in [2.24, 2.45) is 0 Å². The third kappa shape index (κ3) is 4.06. The lowest BCUT2D eigenvalue weighted by Gasteiger charge is -2.05. The smallest absolute Gasteiger partial charge is 0.333 e. The van der Waals surface area contributed by atoms with Gasteiger partial charge in [-0.05, 0) is 37.3 Å². The summed E-state index contributed by atoms with van der Waals surface area (Å²) in [6.07, 6.45) is 1.53. The van der Waals surface area contributed by atoms with Crippen molar-refractivity contribution in [1.29, 1.82) is 0 Å². The van der Waals surface area contributed by atoms with E-state index < -0.39 is 17.4 Å². The topological polar surface area (TPSA) is 107 Å². The molecule has 0 aliphatic heterocycles. The van der Waals surface area contributed by atoms with Crippen LogP contribution in [0.5, 0.6) is 0 Å². The average molecular weight is 479 g/mol. The molecule has 170 valence electrons. The first-order valence-electron chi connectivity index (χ1n) is 10.1. The van der Waals surface area contributed by atoms with Gasteiger partial charge >= 0.3 is 5.69 Å². The SMILES string of the molecule is Cc1ccc(-c2noc(-c3cccn4c(=O)n(CC(=O)Nc5ccc(F)c(Cl)c5)nc34)n2)cc1. The number of benzene rings is 2. The Kier molecular flexibility index (Phi) is 5.42. The van der Waals surface area contributed by atoms with Crippen molar-refractivity contribution >= 4 is 28.8 Å². The third-order valence-corrected chi connectivity index (χ3v) is 5.36. The maximum Gasteiger partial charge on any atom is 0.350 e. The van der Waals surface area contributed by atoms with Crippen molar-refractivity contribution < 1.29 is 13.7 Å². The van der Waals surface area contributed by atoms with Gasteiger partial charge in [0.15, 0.2) is 5.65 Å². The second-order valence-corrected chi connectivity index (χ2v) is 7.93. The largest absolute Gasteiger partial charge is 0.350 e. The zero-order chi connectivity index (χ0) is 23.8. The van der Waals surface area contributed by atoms with E-state index in [1.165, 1.54) is 22.7 Å². The lowest BCUT2D eigenvalue weighted by atomic mass is 10.1. The molecule has 0 aliphatic rings. The predicted octanol–water partition coefficient (Wildman–Crippen LogP) is 3.95. The van der Waals surface area contributed by atoms with Gasteiger partial charge in [-0.1, -0.05) is 46.6 Å². The zero-order valence-corrected chi connectivity index (χ0v) is 18.5. The standard InChI is InChI=1S/C23H16ClFN6O3/c1-13-4-6-14(7-5-13)20-27-22(34-29-20)16-3-2-10-30-21(16)28-31(23(30)33)12-19(32)26-15-8-9-18(25)17(24)11-15/h2-11H,12H2,1H3,(H,26,32). The highest BCUT2D eigenvalue weighted by molar-refractivity contribution is 6.31. The second kappa shape index (κ2) is 8.56. The summed E-state index contributed by atoms with van der Waals surface area (Å²) >= 11 is 5.74. The predicted molar refractivity (Wildman–Crippen MR) is 123 cm³/mol. The summed E-state index contributed by atoms with van der Waals surface area (Å²) in [6.45, 7) is 1.61. The molecule has 3 aromatic heterocycles. The Labute approximate surface area is 196 Å². The number of carbonyl (C=O) groups is 1. The minimum atomic E-state index is -0.602. The summed E-state index contributed by atoms with van der Waals surface area (Å²) < 4.78 is 21.0. The van der Waals surface area contributed by atoms with Gasteiger partial charge in [0, 0.05) is 17.4 Å². The first-order chi connectivity index (χ1) is 16.4. The minimum absolute atomic E-state index is 0.128. The third-order valence-electron chi connectivity index (χ3n) is 5.07. The molecular weight excluding hydrogens is 463 g/mol. The normalized spacial score (nSPS) is 11.1. The molecule has 0 radical (unpaired) electrons. The molecule has 3 heterocycles. The quantitative estimate of drug-likeness (QED) is 0.410. The molecule has 0 unspecified atom stereocenters. The molecule has 5 aromatic rings. The summed E-state index contributed by atoms with van der Waals surface area (Å²) in [5.41, 5.74) is 2.35. The van der Waals surface area contributed by atoms with E-state index in [1.807, 2.05) is 31.2 Å². The van der Waals surface area contributed by atoms with Gasteiger partial charge < -0.3 is 9.84 Å². The second-order valence-electron chi connectivity index (χ2n) is 7.52. The Morgan fingerprint density at radius 1 is 1.18 bits per heavy atom. The first kappa shape index (κ1) is 21.5. The number of rotatable bonds is 5. The maximum atomic E-state index is 13.3. The van der Waals surface area contributed by atoms with Crippen LogP contribution in [0.15, 0.2) is 70.1 Å². The monoisotopic (exact) mass is 478 g/mol. The zero-order valence-electron chi connectivity index (χ0n) is 17.7. The highest BCUT2D eigenvalue weighted by Crippen LogP contribution is 2.25. The Morgan fingerprint density at radius 3 is 2.74 bits per heavy atom. The molecule has 5 rings (SSSR count). The Balaban J connectivity index is 1.44. The van der Waals surface area contributed by atoms with Gasteiger partial charge in [0.2, 0.25) is 11.7 Å². The average Bonchev–Trinajstić information content (AvgIpc) is 3.42. The Hall–Kier alpha value is -4.31. The van der Waals surface area contributed by atoms with E-state index in [1.54, 1.807) is 12.1 Å². The van der Waals surface area contributed by atoms with Crippen LogP contribution in [0.1, 0.15) is 5.56 Å². The van der Waals surface area contributed by atoms with Gasteiger partial charge in [-0.2, -0.15) is 4.98 Å². The van der Waals surface area contributed by atoms with E-state index in [4.69, 9.17) is 16.1 Å². The van der Waals surface area contributed by atoms with Gasteiger partial charge in [0.1, 0.15) is 12.4 Å². The van der Waals surface area contributed by atoms with Gasteiger partial charge in [0.05, 0.1) is 10.6 Å². The van der Waals surface area contributed by atoms with E-state index in [-0.39, 0.29) is 23.1 Å². The molecular formula is C23H16ClFN6O3. The van der Waals surface area contributed by atoms with Crippen LogP contribution in [0.25, 0.3) is 28.5 Å². The van der Waals surface area contributed by atoms with Crippen LogP contribution in [0, 0.1) is 12.7 Å². The van der Waals surface area contributed by atoms with Gasteiger partial charge in [-0.25, -0.2) is 18.3 Å². The van der Waals surface area contributed by atoms with E-state index in [0.717, 1.165) is 21.9 Å². The van der Waals surface area contributed by atoms with Gasteiger partial charge in [-0.3, -0.25) is 4.79 Å². The summed E-state index contributed by atoms with van der Waals surface area (Å²) in [6, 6.07) is 14.8. The number of fused-ring (bicyclic) bond motifs is 1. The van der Waals surface area contributed by atoms with Crippen LogP contribution >= 0.6 is 11.6 Å². The first-order valence-corrected chi connectivity index (χ1v) is 10.5. The van der Waals surface area contributed by atoms with Crippen molar-refractivity contribution in [3.8, 4) is 22.8 Å². The van der Waals surface area contributed by atoms with Crippen LogP contribution in [-0.2, 0) is 11.3 Å². The number of nitrogens with zero attached hydrogens (tertiary/aromatic N) is 5. The highest BCUT2D eigenvalue weighted by atomic mass is 35.5. The summed E-state index contributed by atoms with van der Waals surface area (Å²) in [4.78, 5) is 29.7. The molecule has 34 heavy (non-hydrogen) atoms. The van der Waals surface area contributed by atoms with Gasteiger partial charge in [-0.15, -0.1) is 5.10 Å². The molecule has 0 bridgehead atoms. The van der Waals surface area contributed by atoms with Gasteiger partial charge in [0.25, 0.3) is 5.89 Å². The van der Waals surface area contributed by atoms with Crippen LogP contribution in [0.3, 0.4) is 0 Å². The molecule has 0 fully saturated rings. The fourth-order valence-electron chi connectivity index (χ4n) is 3.37. The Morgan fingerprint density at radius 2 is 1.97 bits per heavy atom. The van der Waals surface area contributed by atoms with E-state index in [2.05, 4.69) is 20.6 Å². The maximum absolute atomic E-state index is 13.3. The van der Waals surface area contributed by atoms with E-state index in [9.17, 15) is 14.0 Å². The number of aryl methyl sites for hydroxylation is 1. The molecule has 0 saturated carbocycles. The number of carbonyl (C=O) groups excluding carboxylic acids is 1. The lowest BCUT2D eigenvalue weighted by Crippen LogP contribution is -2.28. The van der Waals surface area contributed by atoms with Crippen LogP contribution < -0.4 is 11.0 Å². The Bertz CT molecular complexity index is 1590. The molecule has 9 nitrogen and oxygen atoms in total.